The van der Waals surface area contributed by atoms with Gasteiger partial charge in [-0.3, -0.25) is 43.1 Å². The summed E-state index contributed by atoms with van der Waals surface area (Å²) in [7, 11) is 0. The molecule has 4 rings (SSSR count). The van der Waals surface area contributed by atoms with Gasteiger partial charge in [0.1, 0.15) is 23.7 Å². The van der Waals surface area contributed by atoms with Crippen LogP contribution in [-0.4, -0.2) is 131 Å². The molecule has 0 aromatic heterocycles. The van der Waals surface area contributed by atoms with Crippen LogP contribution in [0.4, 0.5) is 27.8 Å². The highest BCUT2D eigenvalue weighted by molar-refractivity contribution is 6.39. The van der Waals surface area contributed by atoms with Crippen molar-refractivity contribution < 1.29 is 70.9 Å². The smallest absolute Gasteiger partial charge is 0.408 e. The first-order valence-electron chi connectivity index (χ1n) is 25.1. The molecule has 0 radical (unpaired) electrons. The Morgan fingerprint density at radius 1 is 0.649 bits per heavy atom. The number of carbonyl (C=O) groups is 9. The minimum absolute atomic E-state index is 0. The van der Waals surface area contributed by atoms with Crippen molar-refractivity contribution in [3.05, 3.63) is 25.3 Å². The standard InChI is InChI=1S/C29H44N4O6.C24H36N4O4.ClH.2F2.FH/c1-9-11-15-20(22(34)25(36)30-16-10-2)31-24(35)21-19-14-12-13-18(19)17-33(21)26(37)23(28(3,4)5)32-27(38)39-29(6,7)8;1-6-8-12-17(19(29)22(31)26-13-7-2)27-21(30)18-16-11-9-10-15(16)14-28(18)23(32)20(25)24(3,4)5;;2*1-2;/h1,10,18-21,23H,2,11-17H2,3-8H3,(H,30,36)(H,31,35)(H,32,38);1,7,15-18,20H,2,8-14,25H2,3-5H3,(H,26,31)(H,27,30);1H;;;1H/t18-,19-,20?,21-,23+;15-,16-,17?,18-,20+;;;;/m00..../s1. The average molecular weight is 1120 g/mol. The Morgan fingerprint density at radius 3 is 1.35 bits per heavy atom. The Balaban J connectivity index is 0. The van der Waals surface area contributed by atoms with Crippen LogP contribution in [-0.2, 0) is 43.1 Å². The summed E-state index contributed by atoms with van der Waals surface area (Å²) < 4.78 is 37.4. The topological polar surface area (TPSA) is 256 Å². The molecule has 436 valence electrons. The maximum atomic E-state index is 14.0. The number of hydrogen-bond donors (Lipinski definition) is 6. The molecule has 2 saturated heterocycles. The maximum Gasteiger partial charge on any atom is 0.408 e. The van der Waals surface area contributed by atoms with Crippen LogP contribution in [0.25, 0.3) is 0 Å². The number of fused-ring (bicyclic) bond motifs is 2. The number of carbonyl (C=O) groups excluding carboxylic acids is 9. The first-order chi connectivity index (χ1) is 35.1. The zero-order valence-corrected chi connectivity index (χ0v) is 46.6. The van der Waals surface area contributed by atoms with E-state index < -0.39 is 99.9 Å². The van der Waals surface area contributed by atoms with Crippen LogP contribution < -0.4 is 32.3 Å². The van der Waals surface area contributed by atoms with Gasteiger partial charge in [-0.25, -0.2) is 4.79 Å². The third-order valence-corrected chi connectivity index (χ3v) is 13.5. The van der Waals surface area contributed by atoms with E-state index in [2.05, 4.69) is 51.6 Å². The number of ketones is 2. The summed E-state index contributed by atoms with van der Waals surface area (Å²) in [4.78, 5) is 120. The molecule has 2 aliphatic heterocycles. The van der Waals surface area contributed by atoms with Gasteiger partial charge in [-0.05, 0) is 93.8 Å². The lowest BCUT2D eigenvalue weighted by Crippen LogP contribution is -2.60. The summed E-state index contributed by atoms with van der Waals surface area (Å²) in [6, 6.07) is -5.44. The Morgan fingerprint density at radius 2 is 1.03 bits per heavy atom. The summed E-state index contributed by atoms with van der Waals surface area (Å²) in [6.45, 7) is 24.5. The molecule has 4 fully saturated rings. The van der Waals surface area contributed by atoms with Crippen LogP contribution in [0.3, 0.4) is 0 Å². The van der Waals surface area contributed by atoms with Crippen molar-refractivity contribution in [2.45, 2.75) is 168 Å². The molecule has 2 heterocycles. The fourth-order valence-electron chi connectivity index (χ4n) is 9.85. The van der Waals surface area contributed by atoms with Gasteiger partial charge >= 0.3 is 6.09 Å². The van der Waals surface area contributed by atoms with E-state index in [1.54, 1.807) is 25.7 Å². The number of terminal acetylenes is 2. The normalized spacial score (nSPS) is 21.4. The fourth-order valence-corrected chi connectivity index (χ4v) is 9.85. The molecule has 0 aromatic rings. The second-order valence-corrected chi connectivity index (χ2v) is 22.2. The van der Waals surface area contributed by atoms with Gasteiger partial charge in [0, 0.05) is 57.3 Å². The highest BCUT2D eigenvalue weighted by atomic mass is 35.5. The lowest BCUT2D eigenvalue weighted by atomic mass is 9.85. The molecule has 10 atom stereocenters. The number of ether oxygens (including phenoxy) is 1. The van der Waals surface area contributed by atoms with E-state index in [4.69, 9.17) is 41.6 Å². The van der Waals surface area contributed by atoms with Crippen LogP contribution >= 0.6 is 12.4 Å². The van der Waals surface area contributed by atoms with Gasteiger partial charge in [-0.15, -0.1) is 50.3 Å². The van der Waals surface area contributed by atoms with Crippen molar-refractivity contribution in [3.63, 3.8) is 0 Å². The minimum Gasteiger partial charge on any atom is -0.444 e. The Bertz CT molecular complexity index is 2120. The highest BCUT2D eigenvalue weighted by Crippen LogP contribution is 2.44. The van der Waals surface area contributed by atoms with Crippen molar-refractivity contribution in [3.8, 4) is 24.7 Å². The van der Waals surface area contributed by atoms with Gasteiger partial charge < -0.3 is 46.9 Å². The van der Waals surface area contributed by atoms with Gasteiger partial charge in [0.25, 0.3) is 11.8 Å². The first-order valence-corrected chi connectivity index (χ1v) is 25.1. The van der Waals surface area contributed by atoms with E-state index in [0.29, 0.717) is 13.1 Å². The van der Waals surface area contributed by atoms with Crippen LogP contribution in [0.2, 0.25) is 0 Å². The summed E-state index contributed by atoms with van der Waals surface area (Å²) in [5.41, 5.74) is 4.35. The number of Topliss-reactive ketones (excluding diaryl/α,β-unsaturated/α-hetero) is 2. The molecule has 4 aliphatic rings. The van der Waals surface area contributed by atoms with Crippen molar-refractivity contribution in [1.29, 1.82) is 0 Å². The number of amides is 7. The zero-order chi connectivity index (χ0) is 57.6. The van der Waals surface area contributed by atoms with E-state index in [1.807, 2.05) is 41.5 Å². The van der Waals surface area contributed by atoms with Crippen LogP contribution in [0.5, 0.6) is 0 Å². The van der Waals surface area contributed by atoms with Gasteiger partial charge in [0.05, 0.1) is 18.1 Å². The van der Waals surface area contributed by atoms with Gasteiger partial charge in [0.15, 0.2) is 0 Å². The quantitative estimate of drug-likeness (QED) is 0.0417. The number of rotatable bonds is 19. The van der Waals surface area contributed by atoms with Gasteiger partial charge in [0.2, 0.25) is 35.2 Å². The molecule has 2 saturated carbocycles. The average Bonchev–Trinajstić information content (AvgIpc) is 4.16. The predicted octanol–water partition coefficient (Wildman–Crippen LogP) is 5.33. The third kappa shape index (κ3) is 21.4. The number of nitrogens with zero attached hydrogens (tertiary/aromatic N) is 2. The van der Waals surface area contributed by atoms with Crippen LogP contribution in [0.1, 0.15) is 127 Å². The number of likely N-dealkylation sites (tertiary alicyclic amines) is 2. The maximum absolute atomic E-state index is 14.0. The molecule has 7 amide bonds. The zero-order valence-electron chi connectivity index (χ0n) is 45.8. The van der Waals surface area contributed by atoms with Crippen molar-refractivity contribution in [1.82, 2.24) is 36.4 Å². The molecule has 77 heavy (non-hydrogen) atoms. The lowest BCUT2D eigenvalue weighted by molar-refractivity contribution is -0.144. The Kier molecular flexibility index (Phi) is 32.2. The summed E-state index contributed by atoms with van der Waals surface area (Å²) >= 11 is 0. The third-order valence-electron chi connectivity index (χ3n) is 13.5. The first kappa shape index (κ1) is 73.0. The molecular weight excluding hydrogens is 1040 g/mol. The molecular formula is C53H82ClF5N8O10. The highest BCUT2D eigenvalue weighted by Gasteiger charge is 2.53. The SMILES string of the molecule is C#CCCC(NC(=O)[C@@H]1[C@H]2CCC[C@H]2CN1C(=O)[C@@H](N)C(C)(C)C)C(=O)C(=O)NCC=C.C#CCCC(NC(=O)[C@@H]1[C@H]2CCC[C@H]2CN1C(=O)[C@@H](NC(=O)OC(C)(C)C)C(C)(C)C)C(=O)C(=O)NCC=C.Cl.F.FF.FF. The monoisotopic (exact) mass is 1120 g/mol. The molecule has 0 bridgehead atoms. The number of nitrogens with two attached hydrogens (primary N) is 1. The van der Waals surface area contributed by atoms with Gasteiger partial charge in [-0.2, -0.15) is 0 Å². The predicted molar refractivity (Wildman–Crippen MR) is 283 cm³/mol. The van der Waals surface area contributed by atoms with Crippen molar-refractivity contribution >= 4 is 65.5 Å². The fraction of sp³-hybridized carbons (Fsp3) is 0.679. The largest absolute Gasteiger partial charge is 0.444 e. The van der Waals surface area contributed by atoms with Crippen LogP contribution in [0, 0.1) is 59.2 Å². The molecule has 2 aliphatic carbocycles. The summed E-state index contributed by atoms with van der Waals surface area (Å²) in [6.07, 6.45) is 18.9. The molecule has 2 unspecified atom stereocenters. The summed E-state index contributed by atoms with van der Waals surface area (Å²) in [5, 5.41) is 13.0. The molecule has 18 nitrogen and oxygen atoms in total. The lowest BCUT2D eigenvalue weighted by Gasteiger charge is -2.36. The number of nitrogens with one attached hydrogen (secondary N) is 5. The molecule has 0 spiro atoms. The Labute approximate surface area is 456 Å². The van der Waals surface area contributed by atoms with E-state index in [9.17, 15) is 43.2 Å². The van der Waals surface area contributed by atoms with Crippen molar-refractivity contribution in [2.75, 3.05) is 26.2 Å². The summed E-state index contributed by atoms with van der Waals surface area (Å²) in [5.74, 6) is 0.365. The molecule has 24 heteroatoms. The number of halogens is 6. The van der Waals surface area contributed by atoms with E-state index in [0.717, 1.165) is 38.5 Å². The van der Waals surface area contributed by atoms with Crippen LogP contribution in [0.15, 0.2) is 25.3 Å². The second kappa shape index (κ2) is 33.9. The Hall–Kier alpha value is -6.07. The van der Waals surface area contributed by atoms with E-state index in [1.165, 1.54) is 17.1 Å². The number of hydrogen-bond acceptors (Lipinski definition) is 11. The van der Waals surface area contributed by atoms with E-state index >= 15 is 0 Å². The van der Waals surface area contributed by atoms with Crippen molar-refractivity contribution in [2.24, 2.45) is 40.2 Å². The van der Waals surface area contributed by atoms with Gasteiger partial charge in [-0.1, -0.05) is 66.5 Å². The molecule has 0 aromatic carbocycles. The molecule has 7 N–H and O–H groups in total. The minimum atomic E-state index is -1.13. The second-order valence-electron chi connectivity index (χ2n) is 22.2. The number of alkyl carbamates (subject to hydrolysis) is 1. The van der Waals surface area contributed by atoms with E-state index in [-0.39, 0.29) is 85.5 Å².